The van der Waals surface area contributed by atoms with Gasteiger partial charge in [-0.25, -0.2) is 15.0 Å². The first kappa shape index (κ1) is 18.1. The molecule has 0 atom stereocenters. The van der Waals surface area contributed by atoms with Crippen LogP contribution in [0.4, 0.5) is 20.3 Å². The maximum absolute atomic E-state index is 14.0. The number of ether oxygens (including phenoxy) is 1. The summed E-state index contributed by atoms with van der Waals surface area (Å²) < 4.78 is 33.4. The number of hydrogen-bond donors (Lipinski definition) is 0. The number of anilines is 2. The molecule has 27 heavy (non-hydrogen) atoms. The van der Waals surface area contributed by atoms with Crippen molar-refractivity contribution in [2.24, 2.45) is 0 Å². The summed E-state index contributed by atoms with van der Waals surface area (Å²) in [6.07, 6.45) is 3.83. The fraction of sp³-hybridized carbons (Fsp3) is 0.421. The molecule has 2 aromatic rings. The zero-order valence-electron chi connectivity index (χ0n) is 15.1. The number of aromatic nitrogens is 3. The third-order valence-electron chi connectivity index (χ3n) is 5.01. The fourth-order valence-corrected chi connectivity index (χ4v) is 3.62. The van der Waals surface area contributed by atoms with Crippen molar-refractivity contribution in [3.8, 4) is 0 Å². The molecule has 2 aliphatic rings. The molecule has 0 unspecified atom stereocenters. The molecule has 0 N–H and O–H groups in total. The zero-order valence-corrected chi connectivity index (χ0v) is 15.9. The third-order valence-corrected chi connectivity index (χ3v) is 5.22. The summed E-state index contributed by atoms with van der Waals surface area (Å²) in [4.78, 5) is 14.2. The molecule has 0 amide bonds. The van der Waals surface area contributed by atoms with Gasteiger partial charge in [-0.05, 0) is 25.8 Å². The number of alkyl halides is 2. The maximum Gasteiger partial charge on any atom is 0.303 e. The number of halogens is 3. The SMILES string of the molecule is C=C(OCC)c1cc(N2CC3(CC3)c3cnc(Cl)cc32)nc(C(C)(F)F)n1. The van der Waals surface area contributed by atoms with Gasteiger partial charge in [0, 0.05) is 36.7 Å². The zero-order chi connectivity index (χ0) is 19.4. The molecule has 8 heteroatoms. The van der Waals surface area contributed by atoms with Gasteiger partial charge in [-0.3, -0.25) is 0 Å². The molecule has 0 bridgehead atoms. The molecule has 2 aromatic heterocycles. The van der Waals surface area contributed by atoms with E-state index in [4.69, 9.17) is 16.3 Å². The Morgan fingerprint density at radius 3 is 2.74 bits per heavy atom. The van der Waals surface area contributed by atoms with E-state index < -0.39 is 11.7 Å². The van der Waals surface area contributed by atoms with E-state index >= 15 is 0 Å². The second kappa shape index (κ2) is 6.12. The van der Waals surface area contributed by atoms with Crippen molar-refractivity contribution >= 4 is 28.9 Å². The van der Waals surface area contributed by atoms with Crippen LogP contribution in [-0.4, -0.2) is 28.1 Å². The van der Waals surface area contributed by atoms with E-state index in [0.717, 1.165) is 31.0 Å². The van der Waals surface area contributed by atoms with Gasteiger partial charge in [0.1, 0.15) is 22.4 Å². The van der Waals surface area contributed by atoms with Gasteiger partial charge >= 0.3 is 5.92 Å². The largest absolute Gasteiger partial charge is 0.492 e. The number of rotatable bonds is 5. The van der Waals surface area contributed by atoms with Gasteiger partial charge in [0.2, 0.25) is 5.82 Å². The van der Waals surface area contributed by atoms with Gasteiger partial charge < -0.3 is 9.64 Å². The summed E-state index contributed by atoms with van der Waals surface area (Å²) in [6.45, 7) is 7.39. The highest BCUT2D eigenvalue weighted by molar-refractivity contribution is 6.29. The van der Waals surface area contributed by atoms with Crippen LogP contribution in [0.3, 0.4) is 0 Å². The Balaban J connectivity index is 1.83. The molecule has 1 saturated carbocycles. The van der Waals surface area contributed by atoms with E-state index in [1.165, 1.54) is 0 Å². The minimum atomic E-state index is -3.19. The van der Waals surface area contributed by atoms with Crippen LogP contribution >= 0.6 is 11.6 Å². The first-order chi connectivity index (χ1) is 12.7. The molecule has 1 fully saturated rings. The van der Waals surface area contributed by atoms with Crippen LogP contribution in [0.5, 0.6) is 0 Å². The third kappa shape index (κ3) is 3.14. The molecule has 0 saturated heterocycles. The highest BCUT2D eigenvalue weighted by atomic mass is 35.5. The Kier molecular flexibility index (Phi) is 4.10. The molecule has 1 aliphatic carbocycles. The Labute approximate surface area is 161 Å². The van der Waals surface area contributed by atoms with Crippen LogP contribution in [0, 0.1) is 0 Å². The van der Waals surface area contributed by atoms with Gasteiger partial charge in [-0.15, -0.1) is 0 Å². The van der Waals surface area contributed by atoms with Crippen molar-refractivity contribution in [1.29, 1.82) is 0 Å². The lowest BCUT2D eigenvalue weighted by atomic mass is 10.0. The molecule has 3 heterocycles. The topological polar surface area (TPSA) is 51.1 Å². The minimum Gasteiger partial charge on any atom is -0.492 e. The smallest absolute Gasteiger partial charge is 0.303 e. The van der Waals surface area contributed by atoms with Crippen LogP contribution in [0.2, 0.25) is 5.15 Å². The lowest BCUT2D eigenvalue weighted by Gasteiger charge is -2.22. The molecule has 0 aromatic carbocycles. The van der Waals surface area contributed by atoms with E-state index in [2.05, 4.69) is 21.5 Å². The second-order valence-electron chi connectivity index (χ2n) is 7.07. The molecular formula is C19H19ClF2N4O. The molecule has 0 radical (unpaired) electrons. The van der Waals surface area contributed by atoms with Crippen molar-refractivity contribution in [2.75, 3.05) is 18.1 Å². The van der Waals surface area contributed by atoms with Crippen LogP contribution < -0.4 is 4.90 Å². The highest BCUT2D eigenvalue weighted by Crippen LogP contribution is 2.58. The van der Waals surface area contributed by atoms with Crippen molar-refractivity contribution < 1.29 is 13.5 Å². The lowest BCUT2D eigenvalue weighted by molar-refractivity contribution is 0.00765. The number of pyridine rings is 1. The normalized spacial score (nSPS) is 17.1. The van der Waals surface area contributed by atoms with Crippen molar-refractivity contribution in [2.45, 2.75) is 38.0 Å². The summed E-state index contributed by atoms with van der Waals surface area (Å²) in [5.41, 5.74) is 2.19. The van der Waals surface area contributed by atoms with Gasteiger partial charge in [0.25, 0.3) is 0 Å². The van der Waals surface area contributed by atoms with Crippen LogP contribution in [-0.2, 0) is 16.1 Å². The highest BCUT2D eigenvalue weighted by Gasteiger charge is 2.52. The van der Waals surface area contributed by atoms with Crippen molar-refractivity contribution in [1.82, 2.24) is 15.0 Å². The van der Waals surface area contributed by atoms with Crippen LogP contribution in [0.15, 0.2) is 24.9 Å². The summed E-state index contributed by atoms with van der Waals surface area (Å²) in [6, 6.07) is 3.39. The molecule has 142 valence electrons. The van der Waals surface area contributed by atoms with Gasteiger partial charge in [0.05, 0.1) is 12.3 Å². The molecular weight excluding hydrogens is 374 g/mol. The quantitative estimate of drug-likeness (QED) is 0.539. The van der Waals surface area contributed by atoms with Gasteiger partial charge in [0.15, 0.2) is 0 Å². The first-order valence-corrected chi connectivity index (χ1v) is 9.14. The first-order valence-electron chi connectivity index (χ1n) is 8.76. The van der Waals surface area contributed by atoms with Crippen molar-refractivity contribution in [3.63, 3.8) is 0 Å². The number of fused-ring (bicyclic) bond motifs is 2. The molecule has 1 spiro atoms. The van der Waals surface area contributed by atoms with E-state index in [0.29, 0.717) is 24.1 Å². The molecule has 1 aliphatic heterocycles. The van der Waals surface area contributed by atoms with Crippen LogP contribution in [0.25, 0.3) is 5.76 Å². The second-order valence-corrected chi connectivity index (χ2v) is 7.46. The fourth-order valence-electron chi connectivity index (χ4n) is 3.47. The van der Waals surface area contributed by atoms with Gasteiger partial charge in [-0.1, -0.05) is 18.2 Å². The Morgan fingerprint density at radius 2 is 2.11 bits per heavy atom. The standard InChI is InChI=1S/C19H19ClF2N4O/c1-4-27-11(2)13-7-16(25-17(24-13)18(3,21)22)26-10-19(5-6-19)12-9-23-15(20)8-14(12)26/h7-9H,2,4-6,10H2,1,3H3. The maximum atomic E-state index is 14.0. The Bertz CT molecular complexity index is 924. The summed E-state index contributed by atoms with van der Waals surface area (Å²) >= 11 is 6.09. The number of nitrogens with zero attached hydrogens (tertiary/aromatic N) is 4. The summed E-state index contributed by atoms with van der Waals surface area (Å²) in [7, 11) is 0. The number of hydrogen-bond acceptors (Lipinski definition) is 5. The lowest BCUT2D eigenvalue weighted by Crippen LogP contribution is -2.23. The predicted molar refractivity (Wildman–Crippen MR) is 99.4 cm³/mol. The Hall–Kier alpha value is -2.28. The van der Waals surface area contributed by atoms with E-state index in [1.54, 1.807) is 25.3 Å². The average Bonchev–Trinajstić information content (AvgIpc) is 3.31. The monoisotopic (exact) mass is 392 g/mol. The van der Waals surface area contributed by atoms with Crippen molar-refractivity contribution in [3.05, 3.63) is 47.1 Å². The Morgan fingerprint density at radius 1 is 1.37 bits per heavy atom. The van der Waals surface area contributed by atoms with Crippen LogP contribution in [0.1, 0.15) is 43.8 Å². The van der Waals surface area contributed by atoms with E-state index in [1.807, 2.05) is 4.90 Å². The average molecular weight is 393 g/mol. The molecule has 5 nitrogen and oxygen atoms in total. The van der Waals surface area contributed by atoms with E-state index in [-0.39, 0.29) is 16.9 Å². The summed E-state index contributed by atoms with van der Waals surface area (Å²) in [5.74, 6) is -3.13. The van der Waals surface area contributed by atoms with Gasteiger partial charge in [-0.2, -0.15) is 8.78 Å². The minimum absolute atomic E-state index is 0.00383. The molecule has 4 rings (SSSR count). The van der Waals surface area contributed by atoms with E-state index in [9.17, 15) is 8.78 Å². The summed E-state index contributed by atoms with van der Waals surface area (Å²) in [5, 5.41) is 0.352. The predicted octanol–water partition coefficient (Wildman–Crippen LogP) is 4.83.